The van der Waals surface area contributed by atoms with Crippen molar-refractivity contribution in [1.29, 1.82) is 0 Å². The van der Waals surface area contributed by atoms with Crippen molar-refractivity contribution < 1.29 is 0 Å². The number of hydrogen-bond donors (Lipinski definition) is 1. The van der Waals surface area contributed by atoms with Gasteiger partial charge in [-0.2, -0.15) is 0 Å². The second kappa shape index (κ2) is 4.70. The van der Waals surface area contributed by atoms with Crippen molar-refractivity contribution in [3.05, 3.63) is 34.9 Å². The normalized spacial score (nSPS) is 21.0. The summed E-state index contributed by atoms with van der Waals surface area (Å²) in [7, 11) is 0. The third-order valence-electron chi connectivity index (χ3n) is 4.57. The van der Waals surface area contributed by atoms with Crippen molar-refractivity contribution in [3.8, 4) is 0 Å². The third-order valence-corrected chi connectivity index (χ3v) is 4.57. The van der Waals surface area contributed by atoms with Crippen LogP contribution in [0.2, 0.25) is 0 Å². The Morgan fingerprint density at radius 2 is 2.06 bits per heavy atom. The lowest BCUT2D eigenvalue weighted by molar-refractivity contribution is 0.590. The zero-order chi connectivity index (χ0) is 12.6. The lowest BCUT2D eigenvalue weighted by atomic mass is 9.87. The van der Waals surface area contributed by atoms with E-state index in [4.69, 9.17) is 0 Å². The second-order valence-electron chi connectivity index (χ2n) is 6.35. The monoisotopic (exact) mass is 243 g/mol. The molecule has 0 heterocycles. The SMILES string of the molecule is CCCC1(c2ccc(C)cc2CNC2CC2)CC1. The summed E-state index contributed by atoms with van der Waals surface area (Å²) in [5.41, 5.74) is 5.15. The summed E-state index contributed by atoms with van der Waals surface area (Å²) in [5, 5.41) is 3.68. The van der Waals surface area contributed by atoms with E-state index in [-0.39, 0.29) is 0 Å². The molecule has 0 bridgehead atoms. The summed E-state index contributed by atoms with van der Waals surface area (Å²) >= 11 is 0. The quantitative estimate of drug-likeness (QED) is 0.794. The first-order chi connectivity index (χ1) is 8.73. The predicted octanol–water partition coefficient (Wildman–Crippen LogP) is 4.08. The van der Waals surface area contributed by atoms with E-state index in [2.05, 4.69) is 37.4 Å². The molecule has 0 spiro atoms. The van der Waals surface area contributed by atoms with Crippen molar-refractivity contribution >= 4 is 0 Å². The Morgan fingerprint density at radius 3 is 2.67 bits per heavy atom. The Bertz CT molecular complexity index is 427. The summed E-state index contributed by atoms with van der Waals surface area (Å²) in [6, 6.07) is 7.91. The minimum Gasteiger partial charge on any atom is -0.310 e. The molecule has 2 aliphatic rings. The number of hydrogen-bond acceptors (Lipinski definition) is 1. The largest absolute Gasteiger partial charge is 0.310 e. The van der Waals surface area contributed by atoms with Gasteiger partial charge >= 0.3 is 0 Å². The maximum absolute atomic E-state index is 3.68. The Balaban J connectivity index is 1.82. The fraction of sp³-hybridized carbons (Fsp3) is 0.647. The topological polar surface area (TPSA) is 12.0 Å². The molecule has 1 N–H and O–H groups in total. The molecule has 0 atom stereocenters. The van der Waals surface area contributed by atoms with E-state index in [9.17, 15) is 0 Å². The molecule has 0 radical (unpaired) electrons. The van der Waals surface area contributed by atoms with Crippen molar-refractivity contribution in [2.75, 3.05) is 0 Å². The van der Waals surface area contributed by atoms with Crippen LogP contribution in [0.4, 0.5) is 0 Å². The standard InChI is InChI=1S/C17H25N/c1-3-8-17(9-10-17)16-7-4-13(2)11-14(16)12-18-15-5-6-15/h4,7,11,15,18H,3,5-6,8-10,12H2,1-2H3. The molecule has 0 aliphatic heterocycles. The van der Waals surface area contributed by atoms with Crippen molar-refractivity contribution in [2.45, 2.75) is 70.4 Å². The van der Waals surface area contributed by atoms with E-state index in [0.29, 0.717) is 5.41 Å². The van der Waals surface area contributed by atoms with Crippen molar-refractivity contribution in [3.63, 3.8) is 0 Å². The van der Waals surface area contributed by atoms with E-state index in [1.807, 2.05) is 0 Å². The lowest BCUT2D eigenvalue weighted by Crippen LogP contribution is -2.19. The van der Waals surface area contributed by atoms with Crippen LogP contribution in [0.5, 0.6) is 0 Å². The maximum Gasteiger partial charge on any atom is 0.0211 e. The van der Waals surface area contributed by atoms with E-state index in [1.165, 1.54) is 44.1 Å². The molecule has 1 aromatic rings. The molecule has 2 saturated carbocycles. The number of nitrogens with one attached hydrogen (secondary N) is 1. The smallest absolute Gasteiger partial charge is 0.0211 e. The lowest BCUT2D eigenvalue weighted by Gasteiger charge is -2.20. The minimum atomic E-state index is 0.545. The van der Waals surface area contributed by atoms with Gasteiger partial charge in [0.15, 0.2) is 0 Å². The Hall–Kier alpha value is -0.820. The van der Waals surface area contributed by atoms with Crippen LogP contribution in [0.15, 0.2) is 18.2 Å². The molecule has 1 aromatic carbocycles. The Morgan fingerprint density at radius 1 is 1.28 bits per heavy atom. The van der Waals surface area contributed by atoms with Gasteiger partial charge in [0.05, 0.1) is 0 Å². The van der Waals surface area contributed by atoms with Gasteiger partial charge < -0.3 is 5.32 Å². The first kappa shape index (κ1) is 12.2. The molecule has 98 valence electrons. The van der Waals surface area contributed by atoms with E-state index in [1.54, 1.807) is 11.1 Å². The zero-order valence-corrected chi connectivity index (χ0v) is 11.8. The average molecular weight is 243 g/mol. The summed E-state index contributed by atoms with van der Waals surface area (Å²) in [5.74, 6) is 0. The van der Waals surface area contributed by atoms with Crippen LogP contribution in [0, 0.1) is 6.92 Å². The van der Waals surface area contributed by atoms with E-state index >= 15 is 0 Å². The molecule has 2 aliphatic carbocycles. The van der Waals surface area contributed by atoms with Gasteiger partial charge in [0.25, 0.3) is 0 Å². The second-order valence-corrected chi connectivity index (χ2v) is 6.35. The average Bonchev–Trinajstić information content (AvgIpc) is 3.22. The van der Waals surface area contributed by atoms with Crippen molar-refractivity contribution in [1.82, 2.24) is 5.32 Å². The maximum atomic E-state index is 3.68. The van der Waals surface area contributed by atoms with Crippen LogP contribution >= 0.6 is 0 Å². The zero-order valence-electron chi connectivity index (χ0n) is 11.8. The summed E-state index contributed by atoms with van der Waals surface area (Å²) in [6.45, 7) is 5.60. The fourth-order valence-electron chi connectivity index (χ4n) is 3.21. The molecule has 18 heavy (non-hydrogen) atoms. The summed E-state index contributed by atoms with van der Waals surface area (Å²) in [6.07, 6.45) is 8.24. The highest BCUT2D eigenvalue weighted by molar-refractivity contribution is 5.41. The minimum absolute atomic E-state index is 0.545. The molecular weight excluding hydrogens is 218 g/mol. The summed E-state index contributed by atoms with van der Waals surface area (Å²) < 4.78 is 0. The van der Waals surface area contributed by atoms with Gasteiger partial charge in [-0.1, -0.05) is 37.1 Å². The Kier molecular flexibility index (Phi) is 3.19. The van der Waals surface area contributed by atoms with Crippen LogP contribution < -0.4 is 5.32 Å². The van der Waals surface area contributed by atoms with Gasteiger partial charge in [0, 0.05) is 12.6 Å². The number of benzene rings is 1. The molecule has 1 heteroatoms. The van der Waals surface area contributed by atoms with Gasteiger partial charge in [-0.05, 0) is 55.6 Å². The highest BCUT2D eigenvalue weighted by Gasteiger charge is 2.44. The highest BCUT2D eigenvalue weighted by atomic mass is 14.9. The molecule has 1 nitrogen and oxygen atoms in total. The van der Waals surface area contributed by atoms with Gasteiger partial charge in [-0.25, -0.2) is 0 Å². The van der Waals surface area contributed by atoms with Gasteiger partial charge in [-0.3, -0.25) is 0 Å². The van der Waals surface area contributed by atoms with Crippen LogP contribution in [-0.4, -0.2) is 6.04 Å². The van der Waals surface area contributed by atoms with Gasteiger partial charge in [0.1, 0.15) is 0 Å². The highest BCUT2D eigenvalue weighted by Crippen LogP contribution is 2.52. The van der Waals surface area contributed by atoms with Crippen molar-refractivity contribution in [2.24, 2.45) is 0 Å². The van der Waals surface area contributed by atoms with E-state index < -0.39 is 0 Å². The molecule has 3 rings (SSSR count). The Labute approximate surface area is 111 Å². The molecular formula is C17H25N. The molecule has 0 amide bonds. The van der Waals surface area contributed by atoms with Gasteiger partial charge in [-0.15, -0.1) is 0 Å². The predicted molar refractivity (Wildman–Crippen MR) is 76.9 cm³/mol. The molecule has 0 aromatic heterocycles. The van der Waals surface area contributed by atoms with E-state index in [0.717, 1.165) is 12.6 Å². The van der Waals surface area contributed by atoms with Crippen LogP contribution in [0.3, 0.4) is 0 Å². The number of aryl methyl sites for hydroxylation is 1. The molecule has 2 fully saturated rings. The summed E-state index contributed by atoms with van der Waals surface area (Å²) in [4.78, 5) is 0. The first-order valence-corrected chi connectivity index (χ1v) is 7.57. The van der Waals surface area contributed by atoms with Crippen LogP contribution in [0.1, 0.15) is 62.1 Å². The molecule has 0 unspecified atom stereocenters. The van der Waals surface area contributed by atoms with Gasteiger partial charge in [0.2, 0.25) is 0 Å². The number of rotatable bonds is 6. The molecule has 0 saturated heterocycles. The third kappa shape index (κ3) is 2.47. The first-order valence-electron chi connectivity index (χ1n) is 7.57. The fourth-order valence-corrected chi connectivity index (χ4v) is 3.21. The van der Waals surface area contributed by atoms with Crippen LogP contribution in [-0.2, 0) is 12.0 Å². The van der Waals surface area contributed by atoms with Crippen LogP contribution in [0.25, 0.3) is 0 Å².